The molecule has 0 radical (unpaired) electrons. The predicted molar refractivity (Wildman–Crippen MR) is 141 cm³/mol. The number of rotatable bonds is 7. The van der Waals surface area contributed by atoms with Crippen LogP contribution in [-0.4, -0.2) is 35.4 Å². The van der Waals surface area contributed by atoms with E-state index in [9.17, 15) is 13.6 Å². The van der Waals surface area contributed by atoms with E-state index in [1.807, 2.05) is 30.3 Å². The minimum Gasteiger partial charge on any atom is -0.454 e. The van der Waals surface area contributed by atoms with Crippen LogP contribution in [0, 0.1) is 11.6 Å². The highest BCUT2D eigenvalue weighted by atomic mass is 19.2. The van der Waals surface area contributed by atoms with Crippen molar-refractivity contribution in [3.63, 3.8) is 0 Å². The number of fused-ring (bicyclic) bond motifs is 2. The maximum absolute atomic E-state index is 14.7. The molecule has 0 spiro atoms. The van der Waals surface area contributed by atoms with Crippen LogP contribution in [0.5, 0.6) is 11.5 Å². The smallest absolute Gasteiger partial charge is 0.247 e. The Hall–Kier alpha value is -3.98. The van der Waals surface area contributed by atoms with Crippen LogP contribution in [0.15, 0.2) is 60.7 Å². The van der Waals surface area contributed by atoms with Crippen LogP contribution in [-0.2, 0) is 9.53 Å². The largest absolute Gasteiger partial charge is 0.454 e. The second-order valence-electron chi connectivity index (χ2n) is 9.98. The number of amides is 1. The summed E-state index contributed by atoms with van der Waals surface area (Å²) >= 11 is 0. The summed E-state index contributed by atoms with van der Waals surface area (Å²) in [5.41, 5.74) is 1.89. The maximum Gasteiger partial charge on any atom is 0.247 e. The van der Waals surface area contributed by atoms with Crippen LogP contribution in [0.2, 0.25) is 0 Å². The lowest BCUT2D eigenvalue weighted by Gasteiger charge is -2.28. The Kier molecular flexibility index (Phi) is 6.91. The second-order valence-corrected chi connectivity index (χ2v) is 9.98. The molecule has 39 heavy (non-hydrogen) atoms. The van der Waals surface area contributed by atoms with Gasteiger partial charge in [-0.2, -0.15) is 0 Å². The van der Waals surface area contributed by atoms with E-state index in [1.54, 1.807) is 29.9 Å². The third-order valence-electron chi connectivity index (χ3n) is 7.50. The minimum atomic E-state index is -1.03. The summed E-state index contributed by atoms with van der Waals surface area (Å²) < 4.78 is 47.7. The van der Waals surface area contributed by atoms with Crippen molar-refractivity contribution in [2.45, 2.75) is 50.3 Å². The van der Waals surface area contributed by atoms with Crippen molar-refractivity contribution in [2.75, 3.05) is 13.9 Å². The SMILES string of the molecule is COC(c1ccccc1)c1nc2cc(F)c(F)cc2n1C(C(=O)NC1CCCCC1)c1ccc2c(c1)OCO2. The average molecular weight is 534 g/mol. The molecule has 9 heteroatoms. The normalized spacial score (nSPS) is 16.8. The highest BCUT2D eigenvalue weighted by Crippen LogP contribution is 2.39. The number of ether oxygens (including phenoxy) is 3. The number of hydrogen-bond donors (Lipinski definition) is 1. The van der Waals surface area contributed by atoms with Gasteiger partial charge in [-0.05, 0) is 36.1 Å². The van der Waals surface area contributed by atoms with Crippen molar-refractivity contribution >= 4 is 16.9 Å². The van der Waals surface area contributed by atoms with Crippen molar-refractivity contribution in [3.05, 3.63) is 89.2 Å². The molecule has 0 saturated heterocycles. The zero-order chi connectivity index (χ0) is 26.9. The zero-order valence-corrected chi connectivity index (χ0v) is 21.5. The summed E-state index contributed by atoms with van der Waals surface area (Å²) in [7, 11) is 1.54. The molecule has 202 valence electrons. The Morgan fingerprint density at radius 1 is 0.974 bits per heavy atom. The summed E-state index contributed by atoms with van der Waals surface area (Å²) in [5, 5.41) is 3.22. The van der Waals surface area contributed by atoms with Gasteiger partial charge < -0.3 is 24.1 Å². The third-order valence-corrected chi connectivity index (χ3v) is 7.50. The standard InChI is InChI=1S/C30H29F2N3O4/c1-37-28(18-8-4-2-5-9-18)29-34-23-15-21(31)22(32)16-24(23)35(29)27(30(36)33-20-10-6-3-7-11-20)19-12-13-25-26(14-19)39-17-38-25/h2,4-5,8-9,12-16,20,27-28H,3,6-7,10-11,17H2,1H3,(H,33,36). The van der Waals surface area contributed by atoms with E-state index in [-0.39, 0.29) is 29.8 Å². The Morgan fingerprint density at radius 2 is 1.72 bits per heavy atom. The first-order valence-corrected chi connectivity index (χ1v) is 13.2. The van der Waals surface area contributed by atoms with Gasteiger partial charge in [0.15, 0.2) is 23.1 Å². The van der Waals surface area contributed by atoms with Crippen LogP contribution < -0.4 is 14.8 Å². The monoisotopic (exact) mass is 533 g/mol. The van der Waals surface area contributed by atoms with Crippen molar-refractivity contribution in [2.24, 2.45) is 0 Å². The van der Waals surface area contributed by atoms with Gasteiger partial charge in [0, 0.05) is 25.3 Å². The number of benzene rings is 3. The van der Waals surface area contributed by atoms with E-state index in [0.717, 1.165) is 49.8 Å². The predicted octanol–water partition coefficient (Wildman–Crippen LogP) is 5.82. The van der Waals surface area contributed by atoms with E-state index in [0.29, 0.717) is 22.9 Å². The number of carbonyl (C=O) groups excluding carboxylic acids is 1. The molecule has 7 nitrogen and oxygen atoms in total. The van der Waals surface area contributed by atoms with Crippen LogP contribution in [0.4, 0.5) is 8.78 Å². The van der Waals surface area contributed by atoms with E-state index in [4.69, 9.17) is 19.2 Å². The topological polar surface area (TPSA) is 74.6 Å². The lowest BCUT2D eigenvalue weighted by molar-refractivity contribution is -0.124. The summed E-state index contributed by atoms with van der Waals surface area (Å²) in [6, 6.07) is 15.9. The number of imidazole rings is 1. The molecule has 3 aromatic carbocycles. The van der Waals surface area contributed by atoms with Gasteiger partial charge in [0.1, 0.15) is 18.0 Å². The number of nitrogens with zero attached hydrogens (tertiary/aromatic N) is 2. The molecule has 2 heterocycles. The lowest BCUT2D eigenvalue weighted by Crippen LogP contribution is -2.41. The number of methoxy groups -OCH3 is 1. The number of hydrogen-bond acceptors (Lipinski definition) is 5. The molecule has 1 saturated carbocycles. The minimum absolute atomic E-state index is 0.0301. The Bertz CT molecular complexity index is 1500. The fraction of sp³-hybridized carbons (Fsp3) is 0.333. The van der Waals surface area contributed by atoms with Gasteiger partial charge in [0.2, 0.25) is 12.7 Å². The molecule has 1 aliphatic heterocycles. The molecule has 1 aliphatic carbocycles. The van der Waals surface area contributed by atoms with Crippen LogP contribution >= 0.6 is 0 Å². The quantitative estimate of drug-likeness (QED) is 0.324. The Morgan fingerprint density at radius 3 is 2.49 bits per heavy atom. The molecular formula is C30H29F2N3O4. The molecule has 2 unspecified atom stereocenters. The summed E-state index contributed by atoms with van der Waals surface area (Å²) in [5.74, 6) is -0.871. The molecular weight excluding hydrogens is 504 g/mol. The van der Waals surface area contributed by atoms with Gasteiger partial charge in [-0.1, -0.05) is 55.7 Å². The summed E-state index contributed by atoms with van der Waals surface area (Å²) in [4.78, 5) is 18.9. The van der Waals surface area contributed by atoms with Crippen LogP contribution in [0.3, 0.4) is 0 Å². The molecule has 6 rings (SSSR count). The van der Waals surface area contributed by atoms with Crippen LogP contribution in [0.25, 0.3) is 11.0 Å². The third kappa shape index (κ3) is 4.83. The number of nitrogens with one attached hydrogen (secondary N) is 1. The van der Waals surface area contributed by atoms with Gasteiger partial charge in [0.25, 0.3) is 0 Å². The number of carbonyl (C=O) groups is 1. The van der Waals surface area contributed by atoms with E-state index >= 15 is 0 Å². The van der Waals surface area contributed by atoms with E-state index < -0.39 is 23.8 Å². The first kappa shape index (κ1) is 25.3. The zero-order valence-electron chi connectivity index (χ0n) is 21.5. The van der Waals surface area contributed by atoms with Gasteiger partial charge in [-0.15, -0.1) is 0 Å². The van der Waals surface area contributed by atoms with Crippen molar-refractivity contribution in [3.8, 4) is 11.5 Å². The molecule has 4 aromatic rings. The summed E-state index contributed by atoms with van der Waals surface area (Å²) in [6.07, 6.45) is 4.31. The fourth-order valence-corrected chi connectivity index (χ4v) is 5.61. The molecule has 2 aliphatic rings. The Balaban J connectivity index is 1.56. The highest BCUT2D eigenvalue weighted by Gasteiger charge is 2.34. The molecule has 0 bridgehead atoms. The lowest BCUT2D eigenvalue weighted by atomic mass is 9.94. The summed E-state index contributed by atoms with van der Waals surface area (Å²) in [6.45, 7) is 0.0845. The number of aromatic nitrogens is 2. The van der Waals surface area contributed by atoms with Gasteiger partial charge in [0.05, 0.1) is 11.0 Å². The first-order valence-electron chi connectivity index (χ1n) is 13.2. The maximum atomic E-state index is 14.7. The molecule has 1 fully saturated rings. The molecule has 1 N–H and O–H groups in total. The first-order chi connectivity index (χ1) is 19.0. The average Bonchev–Trinajstić information content (AvgIpc) is 3.56. The molecule has 1 amide bonds. The molecule has 2 atom stereocenters. The van der Waals surface area contributed by atoms with Gasteiger partial charge >= 0.3 is 0 Å². The van der Waals surface area contributed by atoms with Crippen molar-refractivity contribution in [1.29, 1.82) is 0 Å². The Labute approximate surface area is 224 Å². The molecule has 1 aromatic heterocycles. The van der Waals surface area contributed by atoms with Gasteiger partial charge in [-0.25, -0.2) is 13.8 Å². The van der Waals surface area contributed by atoms with E-state index in [1.165, 1.54) is 0 Å². The van der Waals surface area contributed by atoms with Crippen molar-refractivity contribution in [1.82, 2.24) is 14.9 Å². The van der Waals surface area contributed by atoms with Crippen molar-refractivity contribution < 1.29 is 27.8 Å². The number of halogens is 2. The van der Waals surface area contributed by atoms with Gasteiger partial charge in [-0.3, -0.25) is 4.79 Å². The second kappa shape index (κ2) is 10.6. The highest BCUT2D eigenvalue weighted by molar-refractivity contribution is 5.87. The van der Waals surface area contributed by atoms with Crippen LogP contribution in [0.1, 0.15) is 61.2 Å². The van der Waals surface area contributed by atoms with E-state index in [2.05, 4.69) is 5.32 Å². The fourth-order valence-electron chi connectivity index (χ4n) is 5.61.